The fourth-order valence-electron chi connectivity index (χ4n) is 2.69. The molecule has 1 amide bonds. The van der Waals surface area contributed by atoms with E-state index in [0.29, 0.717) is 18.5 Å². The minimum absolute atomic E-state index is 0.129. The van der Waals surface area contributed by atoms with Crippen LogP contribution in [0.15, 0.2) is 24.3 Å². The number of benzene rings is 1. The maximum Gasteiger partial charge on any atom is 0.254 e. The number of hydrogen-bond donors (Lipinski definition) is 0. The van der Waals surface area contributed by atoms with Gasteiger partial charge in [0.2, 0.25) is 0 Å². The zero-order chi connectivity index (χ0) is 13.7. The molecule has 1 aliphatic carbocycles. The van der Waals surface area contributed by atoms with Gasteiger partial charge in [-0.15, -0.1) is 11.6 Å². The monoisotopic (exact) mass is 391 g/mol. The van der Waals surface area contributed by atoms with E-state index in [-0.39, 0.29) is 5.91 Å². The van der Waals surface area contributed by atoms with Gasteiger partial charge in [-0.2, -0.15) is 0 Å². The maximum atomic E-state index is 12.6. The van der Waals surface area contributed by atoms with Gasteiger partial charge in [0.1, 0.15) is 0 Å². The van der Waals surface area contributed by atoms with Gasteiger partial charge in [0.25, 0.3) is 5.91 Å². The lowest BCUT2D eigenvalue weighted by Crippen LogP contribution is -2.42. The molecule has 19 heavy (non-hydrogen) atoms. The summed E-state index contributed by atoms with van der Waals surface area (Å²) in [5, 5.41) is 0. The lowest BCUT2D eigenvalue weighted by molar-refractivity contribution is 0.0649. The molecule has 0 aliphatic heterocycles. The van der Waals surface area contributed by atoms with Gasteiger partial charge in [-0.1, -0.05) is 19.3 Å². The molecule has 2 nitrogen and oxygen atoms in total. The molecule has 0 radical (unpaired) electrons. The third-order valence-electron chi connectivity index (χ3n) is 3.69. The van der Waals surface area contributed by atoms with Crippen LogP contribution in [0.5, 0.6) is 0 Å². The second-order valence-electron chi connectivity index (χ2n) is 4.99. The van der Waals surface area contributed by atoms with Crippen LogP contribution >= 0.6 is 34.2 Å². The van der Waals surface area contributed by atoms with Crippen molar-refractivity contribution in [2.45, 2.75) is 38.1 Å². The van der Waals surface area contributed by atoms with Gasteiger partial charge >= 0.3 is 0 Å². The van der Waals surface area contributed by atoms with Crippen molar-refractivity contribution in [2.75, 3.05) is 12.4 Å². The summed E-state index contributed by atoms with van der Waals surface area (Å²) in [7, 11) is 0. The normalized spacial score (nSPS) is 16.3. The molecule has 1 aliphatic rings. The number of halogens is 2. The predicted molar refractivity (Wildman–Crippen MR) is 87.8 cm³/mol. The van der Waals surface area contributed by atoms with Gasteiger partial charge < -0.3 is 4.90 Å². The summed E-state index contributed by atoms with van der Waals surface area (Å²) in [6.45, 7) is 0.650. The van der Waals surface area contributed by atoms with Crippen LogP contribution in [0, 0.1) is 3.57 Å². The molecule has 2 rings (SSSR count). The standard InChI is InChI=1S/C15H19ClINO/c16-10-11-18(14-4-2-1-3-5-14)15(19)12-6-8-13(17)9-7-12/h6-9,14H,1-5,10-11H2. The molecular formula is C15H19ClINO. The highest BCUT2D eigenvalue weighted by Gasteiger charge is 2.25. The first-order valence-electron chi connectivity index (χ1n) is 6.85. The van der Waals surface area contributed by atoms with Crippen molar-refractivity contribution in [1.82, 2.24) is 4.90 Å². The first-order valence-corrected chi connectivity index (χ1v) is 8.46. The number of amides is 1. The fourth-order valence-corrected chi connectivity index (χ4v) is 3.23. The van der Waals surface area contributed by atoms with Crippen molar-refractivity contribution < 1.29 is 4.79 Å². The average molecular weight is 392 g/mol. The minimum Gasteiger partial charge on any atom is -0.334 e. The number of nitrogens with zero attached hydrogens (tertiary/aromatic N) is 1. The van der Waals surface area contributed by atoms with Gasteiger partial charge in [0, 0.05) is 27.6 Å². The number of carbonyl (C=O) groups is 1. The molecule has 1 saturated carbocycles. The van der Waals surface area contributed by atoms with Crippen LogP contribution in [0.3, 0.4) is 0 Å². The minimum atomic E-state index is 0.129. The topological polar surface area (TPSA) is 20.3 Å². The van der Waals surface area contributed by atoms with Crippen molar-refractivity contribution in [2.24, 2.45) is 0 Å². The Morgan fingerprint density at radius 1 is 1.21 bits per heavy atom. The summed E-state index contributed by atoms with van der Waals surface area (Å²) in [5.74, 6) is 0.635. The molecule has 0 aromatic heterocycles. The summed E-state index contributed by atoms with van der Waals surface area (Å²) >= 11 is 8.13. The van der Waals surface area contributed by atoms with Crippen LogP contribution in [-0.4, -0.2) is 29.3 Å². The van der Waals surface area contributed by atoms with Crippen molar-refractivity contribution in [3.63, 3.8) is 0 Å². The molecule has 0 heterocycles. The third kappa shape index (κ3) is 4.09. The Bertz CT molecular complexity index is 415. The average Bonchev–Trinajstić information content (AvgIpc) is 2.46. The SMILES string of the molecule is O=C(c1ccc(I)cc1)N(CCCl)C1CCCCC1. The van der Waals surface area contributed by atoms with Crippen molar-refractivity contribution in [1.29, 1.82) is 0 Å². The number of rotatable bonds is 4. The molecular weight excluding hydrogens is 373 g/mol. The predicted octanol–water partition coefficient (Wildman–Crippen LogP) is 4.30. The number of hydrogen-bond acceptors (Lipinski definition) is 1. The molecule has 0 spiro atoms. The quantitative estimate of drug-likeness (QED) is 0.553. The zero-order valence-electron chi connectivity index (χ0n) is 10.9. The lowest BCUT2D eigenvalue weighted by atomic mass is 9.93. The van der Waals surface area contributed by atoms with E-state index < -0.39 is 0 Å². The van der Waals surface area contributed by atoms with Crippen molar-refractivity contribution >= 4 is 40.1 Å². The molecule has 0 atom stereocenters. The zero-order valence-corrected chi connectivity index (χ0v) is 13.9. The van der Waals surface area contributed by atoms with Crippen LogP contribution < -0.4 is 0 Å². The van der Waals surface area contributed by atoms with Gasteiger partial charge in [-0.3, -0.25) is 4.79 Å². The van der Waals surface area contributed by atoms with Crippen molar-refractivity contribution in [3.05, 3.63) is 33.4 Å². The van der Waals surface area contributed by atoms with Crippen LogP contribution in [-0.2, 0) is 0 Å². The maximum absolute atomic E-state index is 12.6. The highest BCUT2D eigenvalue weighted by molar-refractivity contribution is 14.1. The molecule has 104 valence electrons. The lowest BCUT2D eigenvalue weighted by Gasteiger charge is -2.34. The molecule has 0 unspecified atom stereocenters. The number of carbonyl (C=O) groups excluding carboxylic acids is 1. The van der Waals surface area contributed by atoms with Gasteiger partial charge in [-0.05, 0) is 59.7 Å². The Hall–Kier alpha value is -0.290. The van der Waals surface area contributed by atoms with Gasteiger partial charge in [0.15, 0.2) is 0 Å². The highest BCUT2D eigenvalue weighted by atomic mass is 127. The van der Waals surface area contributed by atoms with Crippen LogP contribution in [0.4, 0.5) is 0 Å². The van der Waals surface area contributed by atoms with Crippen LogP contribution in [0.2, 0.25) is 0 Å². The first kappa shape index (κ1) is 15.1. The van der Waals surface area contributed by atoms with E-state index in [4.69, 9.17) is 11.6 Å². The fraction of sp³-hybridized carbons (Fsp3) is 0.533. The summed E-state index contributed by atoms with van der Waals surface area (Å²) in [4.78, 5) is 14.6. The van der Waals surface area contributed by atoms with E-state index in [1.807, 2.05) is 29.2 Å². The third-order valence-corrected chi connectivity index (χ3v) is 4.58. The molecule has 0 N–H and O–H groups in total. The van der Waals surface area contributed by atoms with Crippen LogP contribution in [0.1, 0.15) is 42.5 Å². The first-order chi connectivity index (χ1) is 9.22. The highest BCUT2D eigenvalue weighted by Crippen LogP contribution is 2.24. The second-order valence-corrected chi connectivity index (χ2v) is 6.61. The summed E-state index contributed by atoms with van der Waals surface area (Å²) < 4.78 is 1.15. The molecule has 1 aromatic carbocycles. The summed E-state index contributed by atoms with van der Waals surface area (Å²) in [6, 6.07) is 8.16. The summed E-state index contributed by atoms with van der Waals surface area (Å²) in [5.41, 5.74) is 0.774. The van der Waals surface area contributed by atoms with E-state index in [9.17, 15) is 4.79 Å². The Morgan fingerprint density at radius 2 is 1.84 bits per heavy atom. The van der Waals surface area contributed by atoms with E-state index in [1.165, 1.54) is 19.3 Å². The Balaban J connectivity index is 2.13. The van der Waals surface area contributed by atoms with E-state index in [2.05, 4.69) is 22.6 Å². The molecule has 0 bridgehead atoms. The van der Waals surface area contributed by atoms with E-state index >= 15 is 0 Å². The van der Waals surface area contributed by atoms with Crippen molar-refractivity contribution in [3.8, 4) is 0 Å². The number of alkyl halides is 1. The molecule has 1 aromatic rings. The Kier molecular flexibility index (Phi) is 5.95. The smallest absolute Gasteiger partial charge is 0.254 e. The summed E-state index contributed by atoms with van der Waals surface area (Å²) in [6.07, 6.45) is 5.98. The Morgan fingerprint density at radius 3 is 2.42 bits per heavy atom. The molecule has 0 saturated heterocycles. The van der Waals surface area contributed by atoms with Gasteiger partial charge in [0.05, 0.1) is 0 Å². The van der Waals surface area contributed by atoms with E-state index in [1.54, 1.807) is 0 Å². The molecule has 4 heteroatoms. The van der Waals surface area contributed by atoms with Gasteiger partial charge in [-0.25, -0.2) is 0 Å². The second kappa shape index (κ2) is 7.48. The van der Waals surface area contributed by atoms with E-state index in [0.717, 1.165) is 22.0 Å². The largest absolute Gasteiger partial charge is 0.334 e. The van der Waals surface area contributed by atoms with Crippen LogP contribution in [0.25, 0.3) is 0 Å². The molecule has 1 fully saturated rings. The Labute approximate surface area is 133 Å².